The van der Waals surface area contributed by atoms with E-state index in [-0.39, 0.29) is 1.43 Å². The number of rotatable bonds is 2. The van der Waals surface area contributed by atoms with E-state index in [9.17, 15) is 9.59 Å². The normalized spacial score (nSPS) is 10.8. The molecule has 3 aromatic rings. The molecule has 0 saturated carbocycles. The van der Waals surface area contributed by atoms with Crippen LogP contribution < -0.4 is 20.6 Å². The molecule has 2 aromatic carbocycles. The van der Waals surface area contributed by atoms with Gasteiger partial charge in [0.05, 0.1) is 25.0 Å². The third-order valence-electron chi connectivity index (χ3n) is 3.46. The zero-order valence-electron chi connectivity index (χ0n) is 11.6. The lowest BCUT2D eigenvalue weighted by Gasteiger charge is -2.02. The SMILES string of the molecule is COc1ccc2c(c1)c(=O)[nH]c(=O)c1cc(OC)ccc12.[HH]. The third kappa shape index (κ3) is 2.12. The quantitative estimate of drug-likeness (QED) is 0.784. The van der Waals surface area contributed by atoms with Crippen molar-refractivity contribution in [1.82, 2.24) is 4.98 Å². The summed E-state index contributed by atoms with van der Waals surface area (Å²) in [6, 6.07) is 10.3. The summed E-state index contributed by atoms with van der Waals surface area (Å²) in [5.74, 6) is 1.13. The highest BCUT2D eigenvalue weighted by atomic mass is 16.5. The Morgan fingerprint density at radius 1 is 0.762 bits per heavy atom. The summed E-state index contributed by atoms with van der Waals surface area (Å²) >= 11 is 0. The van der Waals surface area contributed by atoms with Gasteiger partial charge in [-0.15, -0.1) is 0 Å². The molecular formula is C16H15NO4. The van der Waals surface area contributed by atoms with Crippen molar-refractivity contribution in [2.45, 2.75) is 0 Å². The topological polar surface area (TPSA) is 68.4 Å². The third-order valence-corrected chi connectivity index (χ3v) is 3.46. The van der Waals surface area contributed by atoms with Crippen molar-refractivity contribution in [2.24, 2.45) is 0 Å². The van der Waals surface area contributed by atoms with E-state index >= 15 is 0 Å². The van der Waals surface area contributed by atoms with Gasteiger partial charge >= 0.3 is 0 Å². The van der Waals surface area contributed by atoms with Crippen LogP contribution in [0.5, 0.6) is 11.5 Å². The predicted molar refractivity (Wildman–Crippen MR) is 83.6 cm³/mol. The van der Waals surface area contributed by atoms with Gasteiger partial charge < -0.3 is 9.47 Å². The lowest BCUT2D eigenvalue weighted by atomic mass is 10.1. The van der Waals surface area contributed by atoms with Gasteiger partial charge in [-0.2, -0.15) is 0 Å². The van der Waals surface area contributed by atoms with Gasteiger partial charge in [0.15, 0.2) is 0 Å². The average molecular weight is 285 g/mol. The summed E-state index contributed by atoms with van der Waals surface area (Å²) in [5, 5.41) is 2.20. The highest BCUT2D eigenvalue weighted by Crippen LogP contribution is 2.25. The van der Waals surface area contributed by atoms with E-state index in [0.717, 1.165) is 0 Å². The Kier molecular flexibility index (Phi) is 3.10. The van der Waals surface area contributed by atoms with Gasteiger partial charge in [0, 0.05) is 1.43 Å². The zero-order valence-corrected chi connectivity index (χ0v) is 11.6. The Bertz CT molecular complexity index is 888. The van der Waals surface area contributed by atoms with Crippen molar-refractivity contribution < 1.29 is 10.9 Å². The first-order valence-corrected chi connectivity index (χ1v) is 6.36. The van der Waals surface area contributed by atoms with Gasteiger partial charge in [-0.3, -0.25) is 14.6 Å². The number of hydrogen-bond acceptors (Lipinski definition) is 4. The Labute approximate surface area is 121 Å². The summed E-state index contributed by atoms with van der Waals surface area (Å²) in [6.07, 6.45) is 0. The summed E-state index contributed by atoms with van der Waals surface area (Å²) < 4.78 is 10.3. The molecule has 0 saturated heterocycles. The Balaban J connectivity index is 0.00000176. The first kappa shape index (κ1) is 13.2. The molecule has 1 N–H and O–H groups in total. The predicted octanol–water partition coefficient (Wildman–Crippen LogP) is 2.30. The molecule has 0 radical (unpaired) electrons. The minimum Gasteiger partial charge on any atom is -0.497 e. The van der Waals surface area contributed by atoms with Crippen LogP contribution in [0.2, 0.25) is 0 Å². The molecule has 108 valence electrons. The summed E-state index contributed by atoms with van der Waals surface area (Å²) in [4.78, 5) is 26.7. The van der Waals surface area contributed by atoms with E-state index in [1.165, 1.54) is 14.2 Å². The molecule has 21 heavy (non-hydrogen) atoms. The van der Waals surface area contributed by atoms with E-state index < -0.39 is 11.1 Å². The summed E-state index contributed by atoms with van der Waals surface area (Å²) in [5.41, 5.74) is -0.881. The van der Waals surface area contributed by atoms with Crippen LogP contribution in [0.4, 0.5) is 0 Å². The second-order valence-electron chi connectivity index (χ2n) is 4.61. The lowest BCUT2D eigenvalue weighted by Crippen LogP contribution is -2.13. The highest BCUT2D eigenvalue weighted by molar-refractivity contribution is 6.05. The second kappa shape index (κ2) is 4.94. The number of ether oxygens (including phenoxy) is 2. The average Bonchev–Trinajstić information content (AvgIpc) is 2.62. The van der Waals surface area contributed by atoms with E-state index in [2.05, 4.69) is 4.98 Å². The second-order valence-corrected chi connectivity index (χ2v) is 4.61. The molecule has 3 rings (SSSR count). The van der Waals surface area contributed by atoms with Crippen LogP contribution in [-0.2, 0) is 0 Å². The van der Waals surface area contributed by atoms with E-state index in [0.29, 0.717) is 33.0 Å². The molecule has 1 heterocycles. The minimum absolute atomic E-state index is 0. The molecule has 0 aliphatic carbocycles. The molecule has 5 nitrogen and oxygen atoms in total. The number of benzene rings is 2. The molecule has 1 aromatic heterocycles. The van der Waals surface area contributed by atoms with Crippen LogP contribution in [0, 0.1) is 0 Å². The summed E-state index contributed by atoms with van der Waals surface area (Å²) in [7, 11) is 3.06. The lowest BCUT2D eigenvalue weighted by molar-refractivity contribution is 0.415. The molecule has 0 bridgehead atoms. The van der Waals surface area contributed by atoms with Gasteiger partial charge in [-0.05, 0) is 47.2 Å². The van der Waals surface area contributed by atoms with Crippen molar-refractivity contribution in [2.75, 3.05) is 14.2 Å². The van der Waals surface area contributed by atoms with Crippen LogP contribution >= 0.6 is 0 Å². The molecule has 0 amide bonds. The number of aromatic amines is 1. The van der Waals surface area contributed by atoms with Gasteiger partial charge in [0.25, 0.3) is 11.1 Å². The maximum absolute atomic E-state index is 12.2. The van der Waals surface area contributed by atoms with Crippen LogP contribution in [0.3, 0.4) is 0 Å². The van der Waals surface area contributed by atoms with E-state index in [1.54, 1.807) is 36.4 Å². The molecule has 5 heteroatoms. The van der Waals surface area contributed by atoms with Crippen molar-refractivity contribution in [3.05, 3.63) is 57.1 Å². The molecule has 0 fully saturated rings. The number of aromatic nitrogens is 1. The minimum atomic E-state index is -0.441. The van der Waals surface area contributed by atoms with Crippen LogP contribution in [-0.4, -0.2) is 19.2 Å². The smallest absolute Gasteiger partial charge is 0.258 e. The fourth-order valence-corrected chi connectivity index (χ4v) is 2.38. The highest BCUT2D eigenvalue weighted by Gasteiger charge is 2.08. The number of nitrogens with one attached hydrogen (secondary N) is 1. The Morgan fingerprint density at radius 2 is 1.19 bits per heavy atom. The van der Waals surface area contributed by atoms with Gasteiger partial charge in [-0.1, -0.05) is 0 Å². The zero-order chi connectivity index (χ0) is 15.0. The molecule has 0 unspecified atom stereocenters. The van der Waals surface area contributed by atoms with Gasteiger partial charge in [0.1, 0.15) is 11.5 Å². The van der Waals surface area contributed by atoms with Crippen molar-refractivity contribution in [1.29, 1.82) is 0 Å². The molecule has 0 atom stereocenters. The van der Waals surface area contributed by atoms with Gasteiger partial charge in [-0.25, -0.2) is 0 Å². The van der Waals surface area contributed by atoms with Crippen molar-refractivity contribution in [3.63, 3.8) is 0 Å². The molecule has 0 aliphatic rings. The summed E-state index contributed by atoms with van der Waals surface area (Å²) in [6.45, 7) is 0. The van der Waals surface area contributed by atoms with Crippen molar-refractivity contribution >= 4 is 21.5 Å². The maximum Gasteiger partial charge on any atom is 0.258 e. The monoisotopic (exact) mass is 285 g/mol. The van der Waals surface area contributed by atoms with Crippen LogP contribution in [0.1, 0.15) is 1.43 Å². The van der Waals surface area contributed by atoms with E-state index in [1.807, 2.05) is 0 Å². The molecule has 0 spiro atoms. The van der Waals surface area contributed by atoms with Crippen LogP contribution in [0.25, 0.3) is 21.5 Å². The maximum atomic E-state index is 12.2. The number of hydrogen-bond donors (Lipinski definition) is 1. The van der Waals surface area contributed by atoms with Gasteiger partial charge in [0.2, 0.25) is 0 Å². The standard InChI is InChI=1S/C16H13NO4.H2/c1-20-9-3-5-11-12-6-4-10(21-2)8-14(12)16(19)17-15(18)13(11)7-9;/h3-8H,1-2H3,(H,17,18,19);1H. The fraction of sp³-hybridized carbons (Fsp3) is 0.125. The number of methoxy groups -OCH3 is 2. The Hall–Kier alpha value is -2.82. The first-order chi connectivity index (χ1) is 10.1. The molecule has 0 aliphatic heterocycles. The number of H-pyrrole nitrogens is 1. The first-order valence-electron chi connectivity index (χ1n) is 6.36. The van der Waals surface area contributed by atoms with E-state index in [4.69, 9.17) is 9.47 Å². The van der Waals surface area contributed by atoms with Crippen LogP contribution in [0.15, 0.2) is 46.0 Å². The Morgan fingerprint density at radius 3 is 1.57 bits per heavy atom. The van der Waals surface area contributed by atoms with Crippen molar-refractivity contribution in [3.8, 4) is 11.5 Å². The molecular weight excluding hydrogens is 270 g/mol. The number of fused-ring (bicyclic) bond motifs is 3. The fourth-order valence-electron chi connectivity index (χ4n) is 2.38. The largest absolute Gasteiger partial charge is 0.497 e.